The zero-order valence-electron chi connectivity index (χ0n) is 11.1. The second-order valence-corrected chi connectivity index (χ2v) is 5.82. The number of aliphatic imine (C=N–C) groups is 1. The molecule has 0 saturated carbocycles. The summed E-state index contributed by atoms with van der Waals surface area (Å²) in [5, 5.41) is 3.07. The van der Waals surface area contributed by atoms with E-state index in [0.717, 1.165) is 12.8 Å². The summed E-state index contributed by atoms with van der Waals surface area (Å²) < 4.78 is 18.4. The molecule has 0 radical (unpaired) electrons. The minimum Gasteiger partial charge on any atom is -0.381 e. The van der Waals surface area contributed by atoms with Crippen molar-refractivity contribution in [3.8, 4) is 0 Å². The molecule has 0 unspecified atom stereocenters. The van der Waals surface area contributed by atoms with Crippen LogP contribution in [-0.2, 0) is 4.74 Å². The van der Waals surface area contributed by atoms with Gasteiger partial charge in [0.05, 0.1) is 13.2 Å². The smallest absolute Gasteiger partial charge is 0.189 e. The van der Waals surface area contributed by atoms with E-state index in [1.165, 1.54) is 0 Å². The predicted octanol–water partition coefficient (Wildman–Crippen LogP) is 1.46. The van der Waals surface area contributed by atoms with Gasteiger partial charge < -0.3 is 15.8 Å². The molecule has 1 aliphatic heterocycles. The molecule has 1 saturated heterocycles. The number of halogens is 1. The van der Waals surface area contributed by atoms with Crippen LogP contribution < -0.4 is 11.1 Å². The lowest BCUT2D eigenvalue weighted by atomic mass is 9.82. The lowest BCUT2D eigenvalue weighted by Gasteiger charge is -2.33. The first kappa shape index (κ1) is 14.2. The Hall–Kier alpha value is -0.840. The van der Waals surface area contributed by atoms with Crippen molar-refractivity contribution in [2.24, 2.45) is 16.1 Å². The first-order valence-electron chi connectivity index (χ1n) is 6.09. The minimum atomic E-state index is -0.373. The third kappa shape index (κ3) is 4.89. The van der Waals surface area contributed by atoms with Crippen molar-refractivity contribution in [1.29, 1.82) is 0 Å². The summed E-state index contributed by atoms with van der Waals surface area (Å²) in [6, 6.07) is 0. The van der Waals surface area contributed by atoms with E-state index < -0.39 is 0 Å². The van der Waals surface area contributed by atoms with Crippen molar-refractivity contribution in [2.45, 2.75) is 39.2 Å². The second kappa shape index (κ2) is 5.67. The van der Waals surface area contributed by atoms with Gasteiger partial charge in [0.15, 0.2) is 5.96 Å². The molecule has 100 valence electrons. The van der Waals surface area contributed by atoms with Crippen LogP contribution >= 0.6 is 0 Å². The van der Waals surface area contributed by atoms with Crippen molar-refractivity contribution in [3.05, 3.63) is 0 Å². The maximum Gasteiger partial charge on any atom is 0.189 e. The zero-order chi connectivity index (χ0) is 12.9. The van der Waals surface area contributed by atoms with Crippen molar-refractivity contribution in [3.63, 3.8) is 0 Å². The third-order valence-electron chi connectivity index (χ3n) is 2.92. The summed E-state index contributed by atoms with van der Waals surface area (Å²) in [5.74, 6) is 0.386. The van der Waals surface area contributed by atoms with Crippen LogP contribution in [0, 0.1) is 5.41 Å². The molecule has 1 heterocycles. The Morgan fingerprint density at radius 2 is 2.00 bits per heavy atom. The normalized spacial score (nSPS) is 21.3. The van der Waals surface area contributed by atoms with Gasteiger partial charge in [0.25, 0.3) is 0 Å². The first-order chi connectivity index (χ1) is 7.87. The molecule has 1 fully saturated rings. The summed E-state index contributed by atoms with van der Waals surface area (Å²) in [6.07, 6.45) is 1.44. The Balaban J connectivity index is 2.54. The fourth-order valence-corrected chi connectivity index (χ4v) is 1.82. The third-order valence-corrected chi connectivity index (χ3v) is 2.92. The number of hydrogen-bond donors (Lipinski definition) is 2. The Bertz CT molecular complexity index is 267. The maximum atomic E-state index is 13.1. The molecule has 4 nitrogen and oxygen atoms in total. The van der Waals surface area contributed by atoms with Gasteiger partial charge in [-0.1, -0.05) is 0 Å². The summed E-state index contributed by atoms with van der Waals surface area (Å²) in [6.45, 7) is 7.33. The Morgan fingerprint density at radius 3 is 2.47 bits per heavy atom. The zero-order valence-corrected chi connectivity index (χ0v) is 11.1. The van der Waals surface area contributed by atoms with Gasteiger partial charge in [-0.25, -0.2) is 0 Å². The van der Waals surface area contributed by atoms with Crippen molar-refractivity contribution >= 4 is 5.96 Å². The number of alkyl halides is 1. The van der Waals surface area contributed by atoms with Crippen molar-refractivity contribution in [2.75, 3.05) is 26.4 Å². The molecule has 17 heavy (non-hydrogen) atoms. The Labute approximate surface area is 103 Å². The molecular formula is C12H24FN3O. The first-order valence-corrected chi connectivity index (χ1v) is 6.09. The molecule has 5 heteroatoms. The highest BCUT2D eigenvalue weighted by Gasteiger charge is 2.32. The molecule has 0 bridgehead atoms. The number of ether oxygens (including phenoxy) is 1. The van der Waals surface area contributed by atoms with E-state index in [9.17, 15) is 4.39 Å². The highest BCUT2D eigenvalue weighted by Crippen LogP contribution is 2.31. The van der Waals surface area contributed by atoms with Gasteiger partial charge in [-0.05, 0) is 33.6 Å². The predicted molar refractivity (Wildman–Crippen MR) is 67.8 cm³/mol. The average Bonchev–Trinajstić information content (AvgIpc) is 2.25. The fraction of sp³-hybridized carbons (Fsp3) is 0.917. The van der Waals surface area contributed by atoms with Crippen LogP contribution in [0.3, 0.4) is 0 Å². The van der Waals surface area contributed by atoms with Crippen LogP contribution in [0.2, 0.25) is 0 Å². The van der Waals surface area contributed by atoms with Crippen LogP contribution in [0.5, 0.6) is 0 Å². The fourth-order valence-electron chi connectivity index (χ4n) is 1.82. The van der Waals surface area contributed by atoms with Crippen LogP contribution in [0.15, 0.2) is 4.99 Å². The number of nitrogens with zero attached hydrogens (tertiary/aromatic N) is 1. The summed E-state index contributed by atoms with van der Waals surface area (Å²) in [4.78, 5) is 4.26. The SMILES string of the molecule is CC(C)(C)NC(N)=NCC1(CF)CCOCC1. The highest BCUT2D eigenvalue weighted by molar-refractivity contribution is 5.78. The molecular weight excluding hydrogens is 221 g/mol. The van der Waals surface area contributed by atoms with Crippen molar-refractivity contribution in [1.82, 2.24) is 5.32 Å². The van der Waals surface area contributed by atoms with Gasteiger partial charge in [-0.15, -0.1) is 0 Å². The summed E-state index contributed by atoms with van der Waals surface area (Å²) in [5.41, 5.74) is 5.28. The molecule has 0 aromatic carbocycles. The molecule has 0 aromatic rings. The molecule has 1 rings (SSSR count). The van der Waals surface area contributed by atoms with Crippen LogP contribution in [-0.4, -0.2) is 37.9 Å². The molecule has 0 aromatic heterocycles. The van der Waals surface area contributed by atoms with E-state index in [1.807, 2.05) is 20.8 Å². The molecule has 3 N–H and O–H groups in total. The second-order valence-electron chi connectivity index (χ2n) is 5.82. The Morgan fingerprint density at radius 1 is 1.41 bits per heavy atom. The average molecular weight is 245 g/mol. The number of guanidine groups is 1. The van der Waals surface area contributed by atoms with E-state index in [1.54, 1.807) is 0 Å². The van der Waals surface area contributed by atoms with Gasteiger partial charge in [-0.3, -0.25) is 9.38 Å². The van der Waals surface area contributed by atoms with E-state index in [4.69, 9.17) is 10.5 Å². The molecule has 0 spiro atoms. The monoisotopic (exact) mass is 245 g/mol. The number of nitrogens with one attached hydrogen (secondary N) is 1. The van der Waals surface area contributed by atoms with Crippen LogP contribution in [0.1, 0.15) is 33.6 Å². The van der Waals surface area contributed by atoms with Gasteiger partial charge in [0.1, 0.15) is 0 Å². The van der Waals surface area contributed by atoms with Gasteiger partial charge >= 0.3 is 0 Å². The van der Waals surface area contributed by atoms with E-state index in [2.05, 4.69) is 10.3 Å². The van der Waals surface area contributed by atoms with E-state index in [-0.39, 0.29) is 17.6 Å². The standard InChI is InChI=1S/C12H24FN3O/c1-11(2,3)16-10(14)15-9-12(8-13)4-6-17-7-5-12/h4-9H2,1-3H3,(H3,14,15,16). The van der Waals surface area contributed by atoms with Gasteiger partial charge in [0, 0.05) is 24.2 Å². The molecule has 0 atom stereocenters. The van der Waals surface area contributed by atoms with E-state index in [0.29, 0.717) is 25.7 Å². The molecule has 0 amide bonds. The topological polar surface area (TPSA) is 59.6 Å². The van der Waals surface area contributed by atoms with Crippen LogP contribution in [0.25, 0.3) is 0 Å². The largest absolute Gasteiger partial charge is 0.381 e. The lowest BCUT2D eigenvalue weighted by molar-refractivity contribution is 0.00691. The quantitative estimate of drug-likeness (QED) is 0.584. The molecule has 0 aliphatic carbocycles. The highest BCUT2D eigenvalue weighted by atomic mass is 19.1. The Kier molecular flexibility index (Phi) is 4.74. The minimum absolute atomic E-state index is 0.119. The number of rotatable bonds is 3. The lowest BCUT2D eigenvalue weighted by Crippen LogP contribution is -2.46. The maximum absolute atomic E-state index is 13.1. The van der Waals surface area contributed by atoms with Crippen LogP contribution in [0.4, 0.5) is 4.39 Å². The number of nitrogens with two attached hydrogens (primary N) is 1. The molecule has 1 aliphatic rings. The van der Waals surface area contributed by atoms with Gasteiger partial charge in [0.2, 0.25) is 0 Å². The number of hydrogen-bond acceptors (Lipinski definition) is 2. The summed E-state index contributed by atoms with van der Waals surface area (Å²) >= 11 is 0. The summed E-state index contributed by atoms with van der Waals surface area (Å²) in [7, 11) is 0. The van der Waals surface area contributed by atoms with Gasteiger partial charge in [-0.2, -0.15) is 0 Å². The van der Waals surface area contributed by atoms with E-state index >= 15 is 0 Å². The van der Waals surface area contributed by atoms with Crippen molar-refractivity contribution < 1.29 is 9.13 Å².